The van der Waals surface area contributed by atoms with E-state index >= 15 is 0 Å². The van der Waals surface area contributed by atoms with Crippen LogP contribution in [0.25, 0.3) is 0 Å². The quantitative estimate of drug-likeness (QED) is 0.372. The summed E-state index contributed by atoms with van der Waals surface area (Å²) in [6.07, 6.45) is 6.28. The van der Waals surface area contributed by atoms with Crippen LogP contribution in [-0.4, -0.2) is 37.3 Å². The molecule has 0 unspecified atom stereocenters. The highest BCUT2D eigenvalue weighted by atomic mass is 35.5. The summed E-state index contributed by atoms with van der Waals surface area (Å²) in [7, 11) is 1.63. The van der Waals surface area contributed by atoms with E-state index in [9.17, 15) is 9.59 Å². The number of aryl methyl sites for hydroxylation is 1. The second kappa shape index (κ2) is 12.5. The highest BCUT2D eigenvalue weighted by Gasteiger charge is 2.27. The summed E-state index contributed by atoms with van der Waals surface area (Å²) in [5, 5.41) is 9.85. The van der Waals surface area contributed by atoms with Gasteiger partial charge in [0.2, 0.25) is 5.91 Å². The molecule has 1 aromatic rings. The average molecular weight is 528 g/mol. The van der Waals surface area contributed by atoms with Gasteiger partial charge in [-0.25, -0.2) is 4.79 Å². The molecule has 2 aliphatic carbocycles. The van der Waals surface area contributed by atoms with Crippen LogP contribution in [0, 0.1) is 12.8 Å². The van der Waals surface area contributed by atoms with Crippen LogP contribution in [0.2, 0.25) is 0 Å². The molecule has 2 aliphatic rings. The molecule has 7 nitrogen and oxygen atoms in total. The SMILES string of the molecule is COc1cc(NC(=O)C2CCC(NCC3=C(C)C=C=CC(Cl)=C3NC(=O)OC(C)(C)C)CC2)ccc1C. The first-order valence-corrected chi connectivity index (χ1v) is 13.1. The molecule has 0 atom stereocenters. The summed E-state index contributed by atoms with van der Waals surface area (Å²) in [6.45, 7) is 9.90. The Hall–Kier alpha value is -2.99. The Morgan fingerprint density at radius 2 is 1.78 bits per heavy atom. The highest BCUT2D eigenvalue weighted by Crippen LogP contribution is 2.29. The zero-order valence-corrected chi connectivity index (χ0v) is 23.3. The molecule has 0 aromatic heterocycles. The van der Waals surface area contributed by atoms with Gasteiger partial charge in [0.05, 0.1) is 17.8 Å². The monoisotopic (exact) mass is 527 g/mol. The molecular formula is C29H38ClN3O4. The number of rotatable bonds is 7. The maximum atomic E-state index is 12.9. The molecule has 37 heavy (non-hydrogen) atoms. The third-order valence-electron chi connectivity index (χ3n) is 6.49. The maximum Gasteiger partial charge on any atom is 0.412 e. The van der Waals surface area contributed by atoms with Crippen molar-refractivity contribution in [3.63, 3.8) is 0 Å². The van der Waals surface area contributed by atoms with Gasteiger partial charge in [0.15, 0.2) is 0 Å². The normalized spacial score (nSPS) is 20.0. The van der Waals surface area contributed by atoms with Crippen molar-refractivity contribution < 1.29 is 19.1 Å². The zero-order chi connectivity index (χ0) is 27.2. The van der Waals surface area contributed by atoms with Crippen LogP contribution >= 0.6 is 11.6 Å². The van der Waals surface area contributed by atoms with Gasteiger partial charge < -0.3 is 20.1 Å². The van der Waals surface area contributed by atoms with E-state index in [0.29, 0.717) is 17.3 Å². The first-order chi connectivity index (χ1) is 17.5. The minimum Gasteiger partial charge on any atom is -0.496 e. The average Bonchev–Trinajstić information content (AvgIpc) is 2.95. The summed E-state index contributed by atoms with van der Waals surface area (Å²) < 4.78 is 10.8. The summed E-state index contributed by atoms with van der Waals surface area (Å²) in [5.74, 6) is 0.769. The van der Waals surface area contributed by atoms with Crippen LogP contribution in [0.5, 0.6) is 5.75 Å². The number of amides is 2. The van der Waals surface area contributed by atoms with Crippen molar-refractivity contribution in [1.82, 2.24) is 10.6 Å². The van der Waals surface area contributed by atoms with Gasteiger partial charge in [-0.2, -0.15) is 0 Å². The zero-order valence-electron chi connectivity index (χ0n) is 22.6. The first-order valence-electron chi connectivity index (χ1n) is 12.7. The van der Waals surface area contributed by atoms with Crippen molar-refractivity contribution in [3.05, 3.63) is 63.5 Å². The second-order valence-electron chi connectivity index (χ2n) is 10.6. The lowest BCUT2D eigenvalue weighted by Gasteiger charge is -2.29. The number of hydrogen-bond donors (Lipinski definition) is 3. The van der Waals surface area contributed by atoms with Gasteiger partial charge in [-0.1, -0.05) is 17.7 Å². The maximum absolute atomic E-state index is 12.9. The number of alkyl carbamates (subject to hydrolysis) is 1. The van der Waals surface area contributed by atoms with Crippen LogP contribution in [-0.2, 0) is 9.53 Å². The van der Waals surface area contributed by atoms with Crippen LogP contribution in [0.4, 0.5) is 10.5 Å². The number of anilines is 1. The lowest BCUT2D eigenvalue weighted by Crippen LogP contribution is -2.39. The fourth-order valence-electron chi connectivity index (χ4n) is 4.46. The molecule has 3 rings (SSSR count). The van der Waals surface area contributed by atoms with E-state index in [2.05, 4.69) is 21.7 Å². The molecule has 0 spiro atoms. The highest BCUT2D eigenvalue weighted by molar-refractivity contribution is 6.32. The topological polar surface area (TPSA) is 88.7 Å². The number of methoxy groups -OCH3 is 1. The fourth-order valence-corrected chi connectivity index (χ4v) is 4.68. The Kier molecular flexibility index (Phi) is 9.66. The molecule has 3 N–H and O–H groups in total. The Bertz CT molecular complexity index is 1150. The van der Waals surface area contributed by atoms with Gasteiger partial charge in [0, 0.05) is 36.3 Å². The van der Waals surface area contributed by atoms with E-state index in [0.717, 1.165) is 53.8 Å². The number of nitrogens with one attached hydrogen (secondary N) is 3. The van der Waals surface area contributed by atoms with Crippen molar-refractivity contribution in [2.45, 2.75) is 71.9 Å². The van der Waals surface area contributed by atoms with Crippen molar-refractivity contribution in [3.8, 4) is 5.75 Å². The first kappa shape index (κ1) is 28.6. The van der Waals surface area contributed by atoms with E-state index in [1.54, 1.807) is 13.2 Å². The molecule has 1 saturated carbocycles. The van der Waals surface area contributed by atoms with Gasteiger partial charge in [0.25, 0.3) is 0 Å². The number of benzene rings is 1. The molecule has 8 heteroatoms. The van der Waals surface area contributed by atoms with Gasteiger partial charge in [-0.05, 0) is 89.2 Å². The largest absolute Gasteiger partial charge is 0.496 e. The summed E-state index contributed by atoms with van der Waals surface area (Å²) in [6, 6.07) is 5.95. The number of ether oxygens (including phenoxy) is 2. The van der Waals surface area contributed by atoms with E-state index in [4.69, 9.17) is 21.1 Å². The predicted octanol–water partition coefficient (Wildman–Crippen LogP) is 6.11. The molecule has 2 amide bonds. The van der Waals surface area contributed by atoms with E-state index < -0.39 is 11.7 Å². The molecule has 0 heterocycles. The predicted molar refractivity (Wildman–Crippen MR) is 148 cm³/mol. The molecule has 1 aromatic carbocycles. The smallest absolute Gasteiger partial charge is 0.412 e. The van der Waals surface area contributed by atoms with Crippen molar-refractivity contribution in [2.75, 3.05) is 19.0 Å². The molecular weight excluding hydrogens is 490 g/mol. The number of allylic oxidation sites excluding steroid dienone is 3. The molecule has 200 valence electrons. The molecule has 0 aliphatic heterocycles. The summed E-state index contributed by atoms with van der Waals surface area (Å²) >= 11 is 6.49. The summed E-state index contributed by atoms with van der Waals surface area (Å²) in [5.41, 5.74) is 6.55. The minimum atomic E-state index is -0.621. The third-order valence-corrected chi connectivity index (χ3v) is 6.79. The Balaban J connectivity index is 1.57. The van der Waals surface area contributed by atoms with Gasteiger partial charge >= 0.3 is 6.09 Å². The van der Waals surface area contributed by atoms with Crippen molar-refractivity contribution in [2.24, 2.45) is 5.92 Å². The van der Waals surface area contributed by atoms with Crippen molar-refractivity contribution in [1.29, 1.82) is 0 Å². The number of carbonyl (C=O) groups excluding carboxylic acids is 2. The third kappa shape index (κ3) is 8.26. The number of hydrogen-bond acceptors (Lipinski definition) is 5. The lowest BCUT2D eigenvalue weighted by atomic mass is 9.85. The van der Waals surface area contributed by atoms with E-state index in [-0.39, 0.29) is 17.9 Å². The van der Waals surface area contributed by atoms with Crippen LogP contribution in [0.15, 0.2) is 58.0 Å². The van der Waals surface area contributed by atoms with Gasteiger partial charge in [-0.3, -0.25) is 10.1 Å². The van der Waals surface area contributed by atoms with E-state index in [1.807, 2.05) is 58.9 Å². The second-order valence-corrected chi connectivity index (χ2v) is 11.0. The Morgan fingerprint density at radius 3 is 2.43 bits per heavy atom. The standard InChI is InChI=1S/C29H38ClN3O4/c1-18-8-7-9-24(30)26(33-28(35)37-29(3,4)5)23(18)17-31-21-14-11-20(12-15-21)27(34)32-22-13-10-19(2)25(16-22)36-6/h8-10,13,16,20-21,31H,11-12,14-15,17H2,1-6H3,(H,32,34)(H,33,35). The molecule has 0 radical (unpaired) electrons. The van der Waals surface area contributed by atoms with E-state index in [1.165, 1.54) is 0 Å². The molecule has 1 fully saturated rings. The van der Waals surface area contributed by atoms with Crippen LogP contribution in [0.3, 0.4) is 0 Å². The Morgan fingerprint density at radius 1 is 1.08 bits per heavy atom. The minimum absolute atomic E-state index is 0.0324. The van der Waals surface area contributed by atoms with Gasteiger partial charge in [-0.15, -0.1) is 5.73 Å². The van der Waals surface area contributed by atoms with Gasteiger partial charge in [0.1, 0.15) is 11.4 Å². The molecule has 0 saturated heterocycles. The lowest BCUT2D eigenvalue weighted by molar-refractivity contribution is -0.120. The Labute approximate surface area is 225 Å². The van der Waals surface area contributed by atoms with Crippen molar-refractivity contribution >= 4 is 29.3 Å². The van der Waals surface area contributed by atoms with Crippen LogP contribution < -0.4 is 20.7 Å². The number of halogens is 1. The fraction of sp³-hybridized carbons (Fsp3) is 0.483. The summed E-state index contributed by atoms with van der Waals surface area (Å²) in [4.78, 5) is 25.3. The van der Waals surface area contributed by atoms with Crippen LogP contribution in [0.1, 0.15) is 58.9 Å². The molecule has 0 bridgehead atoms. The number of carbonyl (C=O) groups is 2.